The Balaban J connectivity index is 1.65. The van der Waals surface area contributed by atoms with Gasteiger partial charge < -0.3 is 10.1 Å². The number of carbonyl (C=O) groups is 1. The molecule has 6 heteroatoms. The molecule has 1 aromatic carbocycles. The maximum atomic E-state index is 13.2. The van der Waals surface area contributed by atoms with Gasteiger partial charge in [-0.15, -0.1) is 0 Å². The maximum absolute atomic E-state index is 13.2. The number of hydrogen-bond donors (Lipinski definition) is 1. The minimum atomic E-state index is -0.424. The maximum Gasteiger partial charge on any atom is 0.242 e. The van der Waals surface area contributed by atoms with Gasteiger partial charge in [0.2, 0.25) is 5.91 Å². The lowest BCUT2D eigenvalue weighted by Crippen LogP contribution is -2.28. The molecule has 0 spiro atoms. The van der Waals surface area contributed by atoms with Gasteiger partial charge in [-0.25, -0.2) is 4.39 Å². The highest BCUT2D eigenvalue weighted by molar-refractivity contribution is 5.75. The van der Waals surface area contributed by atoms with Crippen molar-refractivity contribution in [2.24, 2.45) is 0 Å². The van der Waals surface area contributed by atoms with Crippen molar-refractivity contribution in [2.45, 2.75) is 6.54 Å². The minimum absolute atomic E-state index is 0.0654. The van der Waals surface area contributed by atoms with Gasteiger partial charge in [-0.1, -0.05) is 24.0 Å². The number of amides is 1. The fraction of sp³-hybridized carbons (Fsp3) is 0.200. The first-order chi connectivity index (χ1) is 10.3. The number of nitrogens with zero attached hydrogens (tertiary/aromatic N) is 2. The first-order valence-electron chi connectivity index (χ1n) is 6.33. The van der Waals surface area contributed by atoms with Crippen LogP contribution in [0.2, 0.25) is 0 Å². The van der Waals surface area contributed by atoms with Crippen molar-refractivity contribution < 1.29 is 13.9 Å². The summed E-state index contributed by atoms with van der Waals surface area (Å²) in [5.41, 5.74) is 0. The van der Waals surface area contributed by atoms with Crippen molar-refractivity contribution in [2.75, 3.05) is 13.2 Å². The summed E-state index contributed by atoms with van der Waals surface area (Å²) >= 11 is 0. The predicted molar refractivity (Wildman–Crippen MR) is 74.9 cm³/mol. The SMILES string of the molecule is O=C(Cn1cccn1)NCC#CCOc1ccccc1F. The fourth-order valence-electron chi connectivity index (χ4n) is 1.53. The van der Waals surface area contributed by atoms with Crippen LogP contribution in [-0.2, 0) is 11.3 Å². The second-order valence-electron chi connectivity index (χ2n) is 4.05. The van der Waals surface area contributed by atoms with E-state index in [1.807, 2.05) is 0 Å². The molecule has 0 aliphatic heterocycles. The van der Waals surface area contributed by atoms with Crippen LogP contribution < -0.4 is 10.1 Å². The molecule has 0 saturated heterocycles. The highest BCUT2D eigenvalue weighted by atomic mass is 19.1. The third kappa shape index (κ3) is 4.99. The number of benzene rings is 1. The van der Waals surface area contributed by atoms with E-state index in [4.69, 9.17) is 4.74 Å². The van der Waals surface area contributed by atoms with Crippen LogP contribution >= 0.6 is 0 Å². The summed E-state index contributed by atoms with van der Waals surface area (Å²) in [4.78, 5) is 11.5. The van der Waals surface area contributed by atoms with Gasteiger partial charge in [0.15, 0.2) is 11.6 Å². The molecule has 0 radical (unpaired) electrons. The largest absolute Gasteiger partial charge is 0.478 e. The van der Waals surface area contributed by atoms with Crippen molar-refractivity contribution in [3.63, 3.8) is 0 Å². The van der Waals surface area contributed by atoms with Gasteiger partial charge in [-0.3, -0.25) is 9.48 Å². The average molecular weight is 287 g/mol. The van der Waals surface area contributed by atoms with Crippen LogP contribution in [0.1, 0.15) is 0 Å². The van der Waals surface area contributed by atoms with Crippen molar-refractivity contribution >= 4 is 5.91 Å². The molecule has 1 amide bonds. The van der Waals surface area contributed by atoms with Crippen LogP contribution in [0.25, 0.3) is 0 Å². The number of ether oxygens (including phenoxy) is 1. The molecule has 0 unspecified atom stereocenters. The van der Waals surface area contributed by atoms with Crippen molar-refractivity contribution in [3.8, 4) is 17.6 Å². The summed E-state index contributed by atoms with van der Waals surface area (Å²) in [5, 5.41) is 6.55. The second-order valence-corrected chi connectivity index (χ2v) is 4.05. The average Bonchev–Trinajstić information content (AvgIpc) is 2.97. The van der Waals surface area contributed by atoms with Crippen LogP contribution in [0.3, 0.4) is 0 Å². The van der Waals surface area contributed by atoms with Crippen LogP contribution in [0, 0.1) is 17.7 Å². The lowest BCUT2D eigenvalue weighted by Gasteiger charge is -2.02. The molecule has 0 atom stereocenters. The van der Waals surface area contributed by atoms with Gasteiger partial charge in [-0.05, 0) is 18.2 Å². The molecule has 5 nitrogen and oxygen atoms in total. The molecule has 21 heavy (non-hydrogen) atoms. The molecule has 2 aromatic rings. The zero-order valence-corrected chi connectivity index (χ0v) is 11.3. The van der Waals surface area contributed by atoms with E-state index in [0.717, 1.165) is 0 Å². The summed E-state index contributed by atoms with van der Waals surface area (Å²) < 4.78 is 19.9. The first kappa shape index (κ1) is 14.6. The Morgan fingerprint density at radius 1 is 1.33 bits per heavy atom. The second kappa shape index (κ2) is 7.70. The number of halogens is 1. The zero-order valence-electron chi connectivity index (χ0n) is 11.3. The molecule has 1 heterocycles. The van der Waals surface area contributed by atoms with E-state index in [0.29, 0.717) is 0 Å². The van der Waals surface area contributed by atoms with E-state index in [1.54, 1.807) is 30.6 Å². The Hall–Kier alpha value is -2.81. The summed E-state index contributed by atoms with van der Waals surface area (Å²) in [6.07, 6.45) is 3.31. The summed E-state index contributed by atoms with van der Waals surface area (Å²) in [6, 6.07) is 7.86. The summed E-state index contributed by atoms with van der Waals surface area (Å²) in [7, 11) is 0. The first-order valence-corrected chi connectivity index (χ1v) is 6.33. The van der Waals surface area contributed by atoms with E-state index >= 15 is 0 Å². The normalized spacial score (nSPS) is 9.57. The molecule has 0 saturated carbocycles. The smallest absolute Gasteiger partial charge is 0.242 e. The summed E-state index contributed by atoms with van der Waals surface area (Å²) in [5.74, 6) is 4.99. The van der Waals surface area contributed by atoms with E-state index in [-0.39, 0.29) is 31.4 Å². The Labute approximate surface area is 121 Å². The number of hydrogen-bond acceptors (Lipinski definition) is 3. The minimum Gasteiger partial charge on any atom is -0.478 e. The van der Waals surface area contributed by atoms with E-state index < -0.39 is 5.82 Å². The van der Waals surface area contributed by atoms with Gasteiger partial charge in [0.05, 0.1) is 6.54 Å². The molecule has 0 bridgehead atoms. The van der Waals surface area contributed by atoms with Crippen molar-refractivity contribution in [3.05, 3.63) is 48.5 Å². The fourth-order valence-corrected chi connectivity index (χ4v) is 1.53. The van der Waals surface area contributed by atoms with Gasteiger partial charge in [0.25, 0.3) is 0 Å². The molecule has 2 rings (SSSR count). The van der Waals surface area contributed by atoms with Crippen LogP contribution in [0.15, 0.2) is 42.7 Å². The Morgan fingerprint density at radius 3 is 2.95 bits per heavy atom. The summed E-state index contributed by atoms with van der Waals surface area (Å²) in [6.45, 7) is 0.428. The molecule has 108 valence electrons. The van der Waals surface area contributed by atoms with Crippen molar-refractivity contribution in [1.82, 2.24) is 15.1 Å². The van der Waals surface area contributed by atoms with Crippen LogP contribution in [0.4, 0.5) is 4.39 Å². The number of rotatable bonds is 5. The third-order valence-corrected chi connectivity index (χ3v) is 2.50. The topological polar surface area (TPSA) is 56.2 Å². The standard InChI is InChI=1S/C15H14FN3O2/c16-13-6-1-2-7-14(13)21-11-4-3-8-17-15(20)12-19-10-5-9-18-19/h1-2,5-7,9-10H,8,11-12H2,(H,17,20). The Morgan fingerprint density at radius 2 is 2.19 bits per heavy atom. The van der Waals surface area contributed by atoms with Crippen molar-refractivity contribution in [1.29, 1.82) is 0 Å². The molecule has 0 aliphatic carbocycles. The molecule has 0 fully saturated rings. The number of carbonyl (C=O) groups excluding carboxylic acids is 1. The lowest BCUT2D eigenvalue weighted by atomic mass is 10.3. The third-order valence-electron chi connectivity index (χ3n) is 2.50. The zero-order chi connectivity index (χ0) is 14.9. The molecule has 1 aromatic heterocycles. The van der Waals surface area contributed by atoms with Gasteiger partial charge in [0, 0.05) is 12.4 Å². The van der Waals surface area contributed by atoms with Crippen LogP contribution in [-0.4, -0.2) is 28.8 Å². The van der Waals surface area contributed by atoms with Gasteiger partial charge in [0.1, 0.15) is 13.2 Å². The number of aromatic nitrogens is 2. The number of nitrogens with one attached hydrogen (secondary N) is 1. The number of para-hydroxylation sites is 1. The van der Waals surface area contributed by atoms with E-state index in [9.17, 15) is 9.18 Å². The molecule has 0 aliphatic rings. The predicted octanol–water partition coefficient (Wildman–Crippen LogP) is 1.22. The van der Waals surface area contributed by atoms with Crippen LogP contribution in [0.5, 0.6) is 5.75 Å². The quantitative estimate of drug-likeness (QED) is 0.841. The Kier molecular flexibility index (Phi) is 5.35. The molecular formula is C15H14FN3O2. The van der Waals surface area contributed by atoms with Gasteiger partial charge in [-0.2, -0.15) is 5.10 Å². The van der Waals surface area contributed by atoms with Gasteiger partial charge >= 0.3 is 0 Å². The van der Waals surface area contributed by atoms with E-state index in [2.05, 4.69) is 22.3 Å². The Bertz CT molecular complexity index is 644. The highest BCUT2D eigenvalue weighted by Gasteiger charge is 2.00. The monoisotopic (exact) mass is 287 g/mol. The lowest BCUT2D eigenvalue weighted by molar-refractivity contribution is -0.121. The molecule has 1 N–H and O–H groups in total. The highest BCUT2D eigenvalue weighted by Crippen LogP contribution is 2.14. The molecular weight excluding hydrogens is 273 g/mol. The van der Waals surface area contributed by atoms with E-state index in [1.165, 1.54) is 16.8 Å².